The number of aliphatic carboxylic acids is 1. The number of carboxylic acids is 1. The highest BCUT2D eigenvalue weighted by Crippen LogP contribution is 2.46. The van der Waals surface area contributed by atoms with Crippen molar-refractivity contribution in [2.24, 2.45) is 0 Å². The van der Waals surface area contributed by atoms with Crippen molar-refractivity contribution in [2.45, 2.75) is 37.5 Å². The van der Waals surface area contributed by atoms with Gasteiger partial charge in [0.05, 0.1) is 12.9 Å². The summed E-state index contributed by atoms with van der Waals surface area (Å²) in [6.07, 6.45) is -4.21. The molecule has 17 heteroatoms. The van der Waals surface area contributed by atoms with E-state index >= 15 is 0 Å². The van der Waals surface area contributed by atoms with Crippen LogP contribution < -0.4 is 20.8 Å². The fourth-order valence-electron chi connectivity index (χ4n) is 3.47. The SMILES string of the molecule is C[C@H](N[P@](=O)(OC[C@H]1O[C@@H](n2cnc3c(NO)nc(N)nc32)[C@H](O)[C@@H]1O)Oc1ccccc1)C(=O)O. The number of aromatic nitrogens is 4. The lowest BCUT2D eigenvalue weighted by Gasteiger charge is -2.24. The van der Waals surface area contributed by atoms with Crippen LogP contribution in [0.25, 0.3) is 11.2 Å². The molecule has 1 aromatic carbocycles. The molecule has 0 spiro atoms. The maximum atomic E-state index is 13.3. The largest absolute Gasteiger partial charge is 0.480 e. The van der Waals surface area contributed by atoms with E-state index in [9.17, 15) is 29.9 Å². The molecule has 194 valence electrons. The highest BCUT2D eigenvalue weighted by molar-refractivity contribution is 7.52. The van der Waals surface area contributed by atoms with Crippen molar-refractivity contribution in [3.63, 3.8) is 0 Å². The average molecular weight is 525 g/mol. The highest BCUT2D eigenvalue weighted by atomic mass is 31.2. The van der Waals surface area contributed by atoms with Gasteiger partial charge in [0.15, 0.2) is 23.2 Å². The number of hydrogen-bond donors (Lipinski definition) is 7. The first kappa shape index (κ1) is 25.7. The van der Waals surface area contributed by atoms with Crippen LogP contribution >= 0.6 is 7.75 Å². The molecule has 1 aliphatic heterocycles. The first-order valence-electron chi connectivity index (χ1n) is 10.5. The Hall–Kier alpha value is -3.37. The van der Waals surface area contributed by atoms with E-state index < -0.39 is 50.9 Å². The summed E-state index contributed by atoms with van der Waals surface area (Å²) in [6, 6.07) is 6.63. The fraction of sp³-hybridized carbons (Fsp3) is 0.368. The number of imidazole rings is 1. The number of para-hydroxylation sites is 1. The topological polar surface area (TPSA) is 236 Å². The van der Waals surface area contributed by atoms with Gasteiger partial charge in [-0.1, -0.05) is 18.2 Å². The summed E-state index contributed by atoms with van der Waals surface area (Å²) in [5.74, 6) is -1.44. The molecule has 36 heavy (non-hydrogen) atoms. The number of ether oxygens (including phenoxy) is 1. The molecule has 0 bridgehead atoms. The Balaban J connectivity index is 1.53. The summed E-state index contributed by atoms with van der Waals surface area (Å²) in [6.45, 7) is 0.700. The number of nitrogens with one attached hydrogen (secondary N) is 2. The molecule has 1 saturated heterocycles. The van der Waals surface area contributed by atoms with Gasteiger partial charge in [-0.15, -0.1) is 0 Å². The Bertz CT molecular complexity index is 1280. The van der Waals surface area contributed by atoms with Crippen LogP contribution in [-0.4, -0.2) is 77.0 Å². The Morgan fingerprint density at radius 3 is 2.67 bits per heavy atom. The Morgan fingerprint density at radius 1 is 1.28 bits per heavy atom. The smallest absolute Gasteiger partial charge is 0.459 e. The van der Waals surface area contributed by atoms with Gasteiger partial charge in [-0.2, -0.15) is 15.1 Å². The molecule has 0 aliphatic carbocycles. The molecule has 2 aromatic heterocycles. The summed E-state index contributed by atoms with van der Waals surface area (Å²) in [4.78, 5) is 23.2. The number of benzene rings is 1. The predicted octanol–water partition coefficient (Wildman–Crippen LogP) is 0.0952. The van der Waals surface area contributed by atoms with Crippen molar-refractivity contribution in [2.75, 3.05) is 17.8 Å². The molecule has 6 atom stereocenters. The first-order valence-corrected chi connectivity index (χ1v) is 12.1. The quantitative estimate of drug-likeness (QED) is 0.137. The predicted molar refractivity (Wildman–Crippen MR) is 122 cm³/mol. The zero-order valence-corrected chi connectivity index (χ0v) is 19.6. The molecule has 0 unspecified atom stereocenters. The van der Waals surface area contributed by atoms with Crippen molar-refractivity contribution < 1.29 is 43.7 Å². The van der Waals surface area contributed by atoms with E-state index in [1.54, 1.807) is 18.2 Å². The Kier molecular flexibility index (Phi) is 7.37. The number of aliphatic hydroxyl groups is 2. The van der Waals surface area contributed by atoms with Gasteiger partial charge in [-0.3, -0.25) is 24.6 Å². The number of anilines is 2. The number of nitrogen functional groups attached to an aromatic ring is 1. The number of aliphatic hydroxyl groups excluding tert-OH is 2. The van der Waals surface area contributed by atoms with Crippen molar-refractivity contribution in [1.82, 2.24) is 24.6 Å². The molecule has 3 heterocycles. The summed E-state index contributed by atoms with van der Waals surface area (Å²) in [5, 5.41) is 42.0. The molecule has 0 amide bonds. The van der Waals surface area contributed by atoms with Gasteiger partial charge in [0, 0.05) is 0 Å². The third kappa shape index (κ3) is 5.24. The first-order chi connectivity index (χ1) is 17.1. The lowest BCUT2D eigenvalue weighted by molar-refractivity contribution is -0.138. The van der Waals surface area contributed by atoms with Crippen LogP contribution in [0.2, 0.25) is 0 Å². The van der Waals surface area contributed by atoms with Crippen LogP contribution in [0, 0.1) is 0 Å². The summed E-state index contributed by atoms with van der Waals surface area (Å²) in [7, 11) is -4.28. The van der Waals surface area contributed by atoms with Crippen LogP contribution in [0.15, 0.2) is 36.7 Å². The van der Waals surface area contributed by atoms with Crippen molar-refractivity contribution in [3.05, 3.63) is 36.7 Å². The molecule has 4 rings (SSSR count). The third-order valence-corrected chi connectivity index (χ3v) is 6.90. The van der Waals surface area contributed by atoms with E-state index in [1.165, 1.54) is 30.0 Å². The van der Waals surface area contributed by atoms with Gasteiger partial charge in [0.25, 0.3) is 0 Å². The number of rotatable bonds is 10. The second-order valence-corrected chi connectivity index (χ2v) is 9.49. The molecular formula is C19H24N7O9P. The van der Waals surface area contributed by atoms with Gasteiger partial charge in [-0.05, 0) is 19.1 Å². The van der Waals surface area contributed by atoms with Crippen molar-refractivity contribution >= 4 is 36.6 Å². The minimum Gasteiger partial charge on any atom is -0.480 e. The van der Waals surface area contributed by atoms with Gasteiger partial charge in [-0.25, -0.2) is 9.55 Å². The van der Waals surface area contributed by atoms with E-state index in [4.69, 9.17) is 19.5 Å². The maximum absolute atomic E-state index is 13.3. The number of carbonyl (C=O) groups is 1. The van der Waals surface area contributed by atoms with Gasteiger partial charge in [0.2, 0.25) is 5.95 Å². The Labute approximate surface area is 203 Å². The van der Waals surface area contributed by atoms with Gasteiger partial charge in [0.1, 0.15) is 30.1 Å². The zero-order valence-electron chi connectivity index (χ0n) is 18.7. The molecular weight excluding hydrogens is 501 g/mol. The summed E-state index contributed by atoms with van der Waals surface area (Å²) >= 11 is 0. The maximum Gasteiger partial charge on any atom is 0.459 e. The van der Waals surface area contributed by atoms with Crippen LogP contribution in [0.1, 0.15) is 13.2 Å². The number of nitrogens with two attached hydrogens (primary N) is 1. The van der Waals surface area contributed by atoms with Crippen LogP contribution in [0.4, 0.5) is 11.8 Å². The van der Waals surface area contributed by atoms with Crippen LogP contribution in [0.5, 0.6) is 5.75 Å². The number of hydrogen-bond acceptors (Lipinski definition) is 13. The minimum atomic E-state index is -4.28. The average Bonchev–Trinajstić information content (AvgIpc) is 3.38. The van der Waals surface area contributed by atoms with Gasteiger partial charge >= 0.3 is 13.7 Å². The second kappa shape index (κ2) is 10.3. The molecule has 0 radical (unpaired) electrons. The number of carboxylic acid groups (broad SMARTS) is 1. The molecule has 16 nitrogen and oxygen atoms in total. The van der Waals surface area contributed by atoms with Crippen molar-refractivity contribution in [1.29, 1.82) is 0 Å². The van der Waals surface area contributed by atoms with Crippen LogP contribution in [0.3, 0.4) is 0 Å². The molecule has 0 saturated carbocycles. The van der Waals surface area contributed by atoms with Gasteiger partial charge < -0.3 is 30.3 Å². The third-order valence-electron chi connectivity index (χ3n) is 5.26. The number of nitrogens with zero attached hydrogens (tertiary/aromatic N) is 4. The lowest BCUT2D eigenvalue weighted by atomic mass is 10.1. The monoisotopic (exact) mass is 525 g/mol. The van der Waals surface area contributed by atoms with E-state index in [0.717, 1.165) is 0 Å². The molecule has 3 aromatic rings. The fourth-order valence-corrected chi connectivity index (χ4v) is 4.98. The van der Waals surface area contributed by atoms with E-state index in [1.807, 2.05) is 5.48 Å². The van der Waals surface area contributed by atoms with Crippen molar-refractivity contribution in [3.8, 4) is 5.75 Å². The molecule has 1 aliphatic rings. The van der Waals surface area contributed by atoms with E-state index in [-0.39, 0.29) is 28.7 Å². The minimum absolute atomic E-state index is 0.0817. The molecule has 8 N–H and O–H groups in total. The highest BCUT2D eigenvalue weighted by Gasteiger charge is 2.46. The standard InChI is InChI=1S/C19H24N7O9P/c1-9(18(29)30)25-36(32,35-10-5-3-2-4-6-10)33-7-11-13(27)14(28)17(34-11)26-8-21-12-15(24-31)22-19(20)23-16(12)26/h2-6,8-9,11,13-14,17,27-28,31H,7H2,1H3,(H,25,32)(H,29,30)(H3,20,22,23,24)/t9-,11+,13+,14+,17+,36-/m0/s1. The lowest BCUT2D eigenvalue weighted by Crippen LogP contribution is -2.36. The second-order valence-electron chi connectivity index (χ2n) is 7.80. The molecule has 1 fully saturated rings. The summed E-state index contributed by atoms with van der Waals surface area (Å²) in [5.41, 5.74) is 7.71. The normalized spacial score (nSPS) is 24.3. The van der Waals surface area contributed by atoms with E-state index in [2.05, 4.69) is 20.0 Å². The van der Waals surface area contributed by atoms with Crippen LogP contribution in [-0.2, 0) is 18.6 Å². The number of fused-ring (bicyclic) bond motifs is 1. The van der Waals surface area contributed by atoms with E-state index in [0.29, 0.717) is 0 Å². The Morgan fingerprint density at radius 2 is 2.00 bits per heavy atom. The zero-order chi connectivity index (χ0) is 26.0. The summed E-state index contributed by atoms with van der Waals surface area (Å²) < 4.78 is 31.2.